The van der Waals surface area contributed by atoms with Gasteiger partial charge in [0.25, 0.3) is 5.91 Å². The predicted molar refractivity (Wildman–Crippen MR) is 120 cm³/mol. The number of piperidine rings is 1. The van der Waals surface area contributed by atoms with E-state index in [-0.39, 0.29) is 17.9 Å². The van der Waals surface area contributed by atoms with Crippen LogP contribution in [-0.4, -0.2) is 57.1 Å². The topological polar surface area (TPSA) is 106 Å². The summed E-state index contributed by atoms with van der Waals surface area (Å²) in [7, 11) is 1.58. The molecule has 1 aliphatic rings. The number of amides is 1. The third-order valence-electron chi connectivity index (χ3n) is 6.04. The summed E-state index contributed by atoms with van der Waals surface area (Å²) in [4.78, 5) is 21.2. The molecule has 0 bridgehead atoms. The number of aromatic nitrogens is 4. The highest BCUT2D eigenvalue weighted by atomic mass is 16.5. The molecule has 33 heavy (non-hydrogen) atoms. The van der Waals surface area contributed by atoms with Crippen LogP contribution in [0.3, 0.4) is 0 Å². The van der Waals surface area contributed by atoms with Gasteiger partial charge in [0.05, 0.1) is 43.3 Å². The summed E-state index contributed by atoms with van der Waals surface area (Å²) in [6.07, 6.45) is 6.53. The van der Waals surface area contributed by atoms with Gasteiger partial charge in [0.1, 0.15) is 11.4 Å². The molecule has 1 aliphatic heterocycles. The van der Waals surface area contributed by atoms with Gasteiger partial charge in [-0.05, 0) is 44.9 Å². The van der Waals surface area contributed by atoms with Gasteiger partial charge in [-0.1, -0.05) is 0 Å². The van der Waals surface area contributed by atoms with E-state index < -0.39 is 0 Å². The van der Waals surface area contributed by atoms with Crippen molar-refractivity contribution in [2.45, 2.75) is 32.7 Å². The summed E-state index contributed by atoms with van der Waals surface area (Å²) in [5.41, 5.74) is 2.36. The molecule has 3 aromatic rings. The Bertz CT molecular complexity index is 1170. The molecule has 1 aromatic carbocycles. The third kappa shape index (κ3) is 4.65. The number of carbonyl (C=O) groups is 1. The lowest BCUT2D eigenvalue weighted by atomic mass is 9.93. The van der Waals surface area contributed by atoms with Gasteiger partial charge in [0.2, 0.25) is 5.88 Å². The summed E-state index contributed by atoms with van der Waals surface area (Å²) >= 11 is 0. The largest absolute Gasteiger partial charge is 0.497 e. The van der Waals surface area contributed by atoms with Crippen LogP contribution in [0.1, 0.15) is 41.3 Å². The number of nitrogens with zero attached hydrogens (tertiary/aromatic N) is 6. The van der Waals surface area contributed by atoms with E-state index in [0.29, 0.717) is 41.6 Å². The first-order chi connectivity index (χ1) is 16.0. The molecule has 1 fully saturated rings. The van der Waals surface area contributed by atoms with Gasteiger partial charge in [0.15, 0.2) is 0 Å². The van der Waals surface area contributed by atoms with Gasteiger partial charge in [0, 0.05) is 36.3 Å². The number of hydrogen-bond donors (Lipinski definition) is 0. The van der Waals surface area contributed by atoms with Gasteiger partial charge in [-0.15, -0.1) is 0 Å². The zero-order chi connectivity index (χ0) is 23.4. The van der Waals surface area contributed by atoms with E-state index in [9.17, 15) is 10.1 Å². The smallest absolute Gasteiger partial charge is 0.256 e. The van der Waals surface area contributed by atoms with Crippen LogP contribution in [0.2, 0.25) is 0 Å². The lowest BCUT2D eigenvalue weighted by Crippen LogP contribution is -2.47. The van der Waals surface area contributed by atoms with E-state index in [1.54, 1.807) is 50.0 Å². The number of ether oxygens (including phenoxy) is 2. The Morgan fingerprint density at radius 3 is 2.73 bits per heavy atom. The van der Waals surface area contributed by atoms with Gasteiger partial charge in [-0.25, -0.2) is 4.98 Å². The van der Waals surface area contributed by atoms with E-state index in [1.165, 1.54) is 4.80 Å². The number of methoxy groups -OCH3 is 1. The molecule has 9 heteroatoms. The number of pyridine rings is 1. The molecule has 9 nitrogen and oxygen atoms in total. The second-order valence-corrected chi connectivity index (χ2v) is 8.16. The van der Waals surface area contributed by atoms with Crippen molar-refractivity contribution in [3.8, 4) is 23.4 Å². The van der Waals surface area contributed by atoms with Crippen molar-refractivity contribution >= 4 is 5.91 Å². The van der Waals surface area contributed by atoms with Gasteiger partial charge >= 0.3 is 0 Å². The molecule has 0 N–H and O–H groups in total. The van der Waals surface area contributed by atoms with Crippen LogP contribution in [0, 0.1) is 24.2 Å². The molecule has 0 spiro atoms. The molecular formula is C24H26N6O3. The van der Waals surface area contributed by atoms with Crippen LogP contribution in [0.4, 0.5) is 0 Å². The van der Waals surface area contributed by atoms with Crippen LogP contribution in [0.25, 0.3) is 5.69 Å². The number of hydrogen-bond acceptors (Lipinski definition) is 7. The fourth-order valence-corrected chi connectivity index (χ4v) is 4.06. The number of rotatable bonds is 6. The summed E-state index contributed by atoms with van der Waals surface area (Å²) in [5, 5.41) is 17.6. The zero-order valence-electron chi connectivity index (χ0n) is 18.9. The maximum Gasteiger partial charge on any atom is 0.256 e. The summed E-state index contributed by atoms with van der Waals surface area (Å²) in [6.45, 7) is 4.88. The van der Waals surface area contributed by atoms with E-state index in [0.717, 1.165) is 18.4 Å². The van der Waals surface area contributed by atoms with Crippen LogP contribution < -0.4 is 9.47 Å². The average Bonchev–Trinajstić information content (AvgIpc) is 3.38. The number of carbonyl (C=O) groups excluding carboxylic acids is 1. The molecule has 0 aliphatic carbocycles. The fraction of sp³-hybridized carbons (Fsp3) is 0.375. The highest BCUT2D eigenvalue weighted by Crippen LogP contribution is 2.28. The van der Waals surface area contributed by atoms with E-state index in [2.05, 4.69) is 28.2 Å². The summed E-state index contributed by atoms with van der Waals surface area (Å²) in [6, 6.07) is 9.21. The minimum Gasteiger partial charge on any atom is -0.497 e. The Morgan fingerprint density at radius 2 is 2.00 bits per heavy atom. The van der Waals surface area contributed by atoms with E-state index in [1.807, 2.05) is 11.8 Å². The monoisotopic (exact) mass is 446 g/mol. The lowest BCUT2D eigenvalue weighted by Gasteiger charge is -2.38. The molecule has 1 saturated heterocycles. The summed E-state index contributed by atoms with van der Waals surface area (Å²) < 4.78 is 11.3. The van der Waals surface area contributed by atoms with E-state index >= 15 is 0 Å². The normalized spacial score (nSPS) is 17.9. The van der Waals surface area contributed by atoms with Crippen molar-refractivity contribution in [3.63, 3.8) is 0 Å². The molecule has 4 rings (SSSR count). The highest BCUT2D eigenvalue weighted by molar-refractivity contribution is 5.98. The van der Waals surface area contributed by atoms with Crippen molar-refractivity contribution in [3.05, 3.63) is 59.5 Å². The molecule has 170 valence electrons. The Hall–Kier alpha value is -3.93. The van der Waals surface area contributed by atoms with E-state index in [4.69, 9.17) is 9.47 Å². The van der Waals surface area contributed by atoms with Crippen molar-refractivity contribution in [2.75, 3.05) is 20.3 Å². The minimum absolute atomic E-state index is 0.0806. The van der Waals surface area contributed by atoms with Gasteiger partial charge in [-0.2, -0.15) is 20.3 Å². The second-order valence-electron chi connectivity index (χ2n) is 8.16. The predicted octanol–water partition coefficient (Wildman–Crippen LogP) is 3.17. The van der Waals surface area contributed by atoms with Crippen LogP contribution in [-0.2, 0) is 0 Å². The summed E-state index contributed by atoms with van der Waals surface area (Å²) in [5.74, 6) is 1.16. The molecule has 2 aromatic heterocycles. The molecular weight excluding hydrogens is 420 g/mol. The van der Waals surface area contributed by atoms with Crippen LogP contribution in [0.15, 0.2) is 42.9 Å². The highest BCUT2D eigenvalue weighted by Gasteiger charge is 2.31. The average molecular weight is 447 g/mol. The lowest BCUT2D eigenvalue weighted by molar-refractivity contribution is 0.0502. The molecule has 3 heterocycles. The van der Waals surface area contributed by atoms with Crippen molar-refractivity contribution in [1.82, 2.24) is 24.9 Å². The molecule has 0 saturated carbocycles. The van der Waals surface area contributed by atoms with Crippen molar-refractivity contribution < 1.29 is 14.3 Å². The Morgan fingerprint density at radius 1 is 1.21 bits per heavy atom. The number of nitriles is 1. The Kier molecular flexibility index (Phi) is 6.54. The van der Waals surface area contributed by atoms with Crippen molar-refractivity contribution in [2.24, 2.45) is 5.92 Å². The van der Waals surface area contributed by atoms with Crippen molar-refractivity contribution in [1.29, 1.82) is 5.26 Å². The Labute approximate surface area is 192 Å². The quantitative estimate of drug-likeness (QED) is 0.572. The first-order valence-corrected chi connectivity index (χ1v) is 10.9. The number of likely N-dealkylation sites (tertiary alicyclic amines) is 1. The van der Waals surface area contributed by atoms with Gasteiger partial charge < -0.3 is 14.4 Å². The molecule has 2 atom stereocenters. The maximum absolute atomic E-state index is 13.6. The Balaban J connectivity index is 1.52. The SMILES string of the molecule is COc1ccc(C(=O)N2C[C@H](COc3nccc(C#N)c3C)CC[C@H]2C)c(-n2nccn2)c1. The van der Waals surface area contributed by atoms with Gasteiger partial charge in [-0.3, -0.25) is 4.79 Å². The minimum atomic E-state index is -0.0806. The van der Waals surface area contributed by atoms with Crippen LogP contribution >= 0.6 is 0 Å². The fourth-order valence-electron chi connectivity index (χ4n) is 4.06. The second kappa shape index (κ2) is 9.69. The first kappa shape index (κ1) is 22.3. The standard InChI is InChI=1S/C24H26N6O3/c1-16-4-5-18(15-33-23-17(2)19(13-25)8-9-26-23)14-29(16)24(31)21-7-6-20(32-3)12-22(21)30-27-10-11-28-30/h6-12,16,18H,4-5,14-15H2,1-3H3/t16-,18-/m1/s1. The number of benzene rings is 1. The third-order valence-corrected chi connectivity index (χ3v) is 6.04. The molecule has 1 amide bonds. The molecule has 0 unspecified atom stereocenters. The molecule has 0 radical (unpaired) electrons. The zero-order valence-corrected chi connectivity index (χ0v) is 18.9. The maximum atomic E-state index is 13.6. The first-order valence-electron chi connectivity index (χ1n) is 10.9. The van der Waals surface area contributed by atoms with Crippen LogP contribution in [0.5, 0.6) is 11.6 Å².